The van der Waals surface area contributed by atoms with Crippen LogP contribution in [0.15, 0.2) is 28.3 Å². The van der Waals surface area contributed by atoms with Crippen molar-refractivity contribution in [2.45, 2.75) is 30.4 Å². The second kappa shape index (κ2) is 6.41. The Hall–Kier alpha value is -1.04. The minimum atomic E-state index is 0.751. The molecule has 1 heterocycles. The molecule has 19 heavy (non-hydrogen) atoms. The summed E-state index contributed by atoms with van der Waals surface area (Å²) in [6.45, 7) is 5.80. The van der Waals surface area contributed by atoms with Crippen LogP contribution in [-0.2, 0) is 13.6 Å². The SMILES string of the molecule is CCNCc1ccc(Sc2nnc(C)n2C)c(Cl)c1. The zero-order chi connectivity index (χ0) is 13.8. The average Bonchev–Trinajstić information content (AvgIpc) is 2.71. The Balaban J connectivity index is 2.15. The van der Waals surface area contributed by atoms with Crippen molar-refractivity contribution in [1.82, 2.24) is 20.1 Å². The molecule has 1 N–H and O–H groups in total. The van der Waals surface area contributed by atoms with Crippen LogP contribution in [0, 0.1) is 6.92 Å². The Labute approximate surface area is 122 Å². The molecule has 0 aliphatic rings. The number of nitrogens with one attached hydrogen (secondary N) is 1. The molecule has 0 aliphatic carbocycles. The summed E-state index contributed by atoms with van der Waals surface area (Å²) in [5.74, 6) is 0.891. The van der Waals surface area contributed by atoms with Gasteiger partial charge < -0.3 is 9.88 Å². The molecule has 2 aromatic rings. The van der Waals surface area contributed by atoms with Gasteiger partial charge in [-0.3, -0.25) is 0 Å². The summed E-state index contributed by atoms with van der Waals surface area (Å²) < 4.78 is 1.95. The predicted octanol–water partition coefficient (Wildman–Crippen LogP) is 3.04. The van der Waals surface area contributed by atoms with Crippen LogP contribution < -0.4 is 5.32 Å². The first-order chi connectivity index (χ1) is 9.11. The Bertz CT molecular complexity index is 568. The van der Waals surface area contributed by atoms with Crippen LogP contribution in [0.25, 0.3) is 0 Å². The number of halogens is 1. The van der Waals surface area contributed by atoms with Gasteiger partial charge in [0.05, 0.1) is 5.02 Å². The topological polar surface area (TPSA) is 42.7 Å². The Morgan fingerprint density at radius 3 is 2.74 bits per heavy atom. The third kappa shape index (κ3) is 3.49. The maximum atomic E-state index is 6.31. The Morgan fingerprint density at radius 1 is 1.37 bits per heavy atom. The molecular formula is C13H17ClN4S. The lowest BCUT2D eigenvalue weighted by molar-refractivity contribution is 0.726. The van der Waals surface area contributed by atoms with E-state index in [2.05, 4.69) is 28.5 Å². The lowest BCUT2D eigenvalue weighted by Crippen LogP contribution is -2.11. The molecule has 0 atom stereocenters. The molecule has 4 nitrogen and oxygen atoms in total. The van der Waals surface area contributed by atoms with Gasteiger partial charge >= 0.3 is 0 Å². The van der Waals surface area contributed by atoms with Crippen LogP contribution in [-0.4, -0.2) is 21.3 Å². The van der Waals surface area contributed by atoms with Gasteiger partial charge in [0.2, 0.25) is 0 Å². The van der Waals surface area contributed by atoms with Gasteiger partial charge in [-0.25, -0.2) is 0 Å². The third-order valence-electron chi connectivity index (χ3n) is 2.83. The van der Waals surface area contributed by atoms with Crippen LogP contribution in [0.4, 0.5) is 0 Å². The van der Waals surface area contributed by atoms with Crippen molar-refractivity contribution < 1.29 is 0 Å². The van der Waals surface area contributed by atoms with E-state index in [4.69, 9.17) is 11.6 Å². The predicted molar refractivity (Wildman–Crippen MR) is 78.7 cm³/mol. The summed E-state index contributed by atoms with van der Waals surface area (Å²) in [6, 6.07) is 6.11. The zero-order valence-electron chi connectivity index (χ0n) is 11.3. The van der Waals surface area contributed by atoms with Gasteiger partial charge in [0.1, 0.15) is 5.82 Å². The normalized spacial score (nSPS) is 10.9. The van der Waals surface area contributed by atoms with Crippen LogP contribution in [0.1, 0.15) is 18.3 Å². The molecule has 6 heteroatoms. The Morgan fingerprint density at radius 2 is 2.16 bits per heavy atom. The quantitative estimate of drug-likeness (QED) is 0.921. The summed E-state index contributed by atoms with van der Waals surface area (Å²) >= 11 is 7.84. The molecule has 1 aromatic carbocycles. The zero-order valence-corrected chi connectivity index (χ0v) is 12.8. The standard InChI is InChI=1S/C13H17ClN4S/c1-4-15-8-10-5-6-12(11(14)7-10)19-13-17-16-9(2)18(13)3/h5-7,15H,4,8H2,1-3H3. The minimum absolute atomic E-state index is 0.751. The van der Waals surface area contributed by atoms with Gasteiger partial charge in [-0.15, -0.1) is 10.2 Å². The van der Waals surface area contributed by atoms with Gasteiger partial charge in [-0.2, -0.15) is 0 Å². The summed E-state index contributed by atoms with van der Waals surface area (Å²) in [6.07, 6.45) is 0. The lowest BCUT2D eigenvalue weighted by Gasteiger charge is -2.07. The Kier molecular flexibility index (Phi) is 4.85. The first-order valence-electron chi connectivity index (χ1n) is 6.14. The molecule has 0 unspecified atom stereocenters. The second-order valence-electron chi connectivity index (χ2n) is 4.24. The number of benzene rings is 1. The smallest absolute Gasteiger partial charge is 0.195 e. The van der Waals surface area contributed by atoms with Gasteiger partial charge in [-0.05, 0) is 42.9 Å². The van der Waals surface area contributed by atoms with Crippen LogP contribution in [0.3, 0.4) is 0 Å². The molecule has 1 aromatic heterocycles. The summed E-state index contributed by atoms with van der Waals surface area (Å²) in [4.78, 5) is 0.998. The highest BCUT2D eigenvalue weighted by Crippen LogP contribution is 2.32. The third-order valence-corrected chi connectivity index (χ3v) is 4.37. The molecule has 0 bridgehead atoms. The minimum Gasteiger partial charge on any atom is -0.313 e. The second-order valence-corrected chi connectivity index (χ2v) is 5.65. The fourth-order valence-corrected chi connectivity index (χ4v) is 2.74. The average molecular weight is 297 g/mol. The van der Waals surface area contributed by atoms with Gasteiger partial charge in [0, 0.05) is 18.5 Å². The highest BCUT2D eigenvalue weighted by atomic mass is 35.5. The van der Waals surface area contributed by atoms with E-state index in [-0.39, 0.29) is 0 Å². The van der Waals surface area contributed by atoms with E-state index in [1.54, 1.807) is 0 Å². The van der Waals surface area contributed by atoms with E-state index in [1.807, 2.05) is 30.7 Å². The molecule has 0 amide bonds. The van der Waals surface area contributed by atoms with E-state index in [0.29, 0.717) is 0 Å². The largest absolute Gasteiger partial charge is 0.313 e. The molecule has 102 valence electrons. The highest BCUT2D eigenvalue weighted by Gasteiger charge is 2.10. The van der Waals surface area contributed by atoms with Crippen molar-refractivity contribution in [3.63, 3.8) is 0 Å². The van der Waals surface area contributed by atoms with E-state index < -0.39 is 0 Å². The van der Waals surface area contributed by atoms with Crippen molar-refractivity contribution in [2.75, 3.05) is 6.54 Å². The maximum absolute atomic E-state index is 6.31. The molecule has 0 spiro atoms. The van der Waals surface area contributed by atoms with E-state index in [1.165, 1.54) is 17.3 Å². The number of nitrogens with zero attached hydrogens (tertiary/aromatic N) is 3. The number of aryl methyl sites for hydroxylation is 1. The number of rotatable bonds is 5. The van der Waals surface area contributed by atoms with Crippen molar-refractivity contribution in [2.24, 2.45) is 7.05 Å². The van der Waals surface area contributed by atoms with Crippen molar-refractivity contribution in [3.8, 4) is 0 Å². The van der Waals surface area contributed by atoms with Crippen molar-refractivity contribution >= 4 is 23.4 Å². The number of aromatic nitrogens is 3. The van der Waals surface area contributed by atoms with Crippen LogP contribution >= 0.6 is 23.4 Å². The van der Waals surface area contributed by atoms with Crippen LogP contribution in [0.5, 0.6) is 0 Å². The van der Waals surface area contributed by atoms with Crippen molar-refractivity contribution in [1.29, 1.82) is 0 Å². The maximum Gasteiger partial charge on any atom is 0.195 e. The van der Waals surface area contributed by atoms with Gasteiger partial charge in [0.25, 0.3) is 0 Å². The fourth-order valence-electron chi connectivity index (χ4n) is 1.58. The van der Waals surface area contributed by atoms with Gasteiger partial charge in [0.15, 0.2) is 5.16 Å². The van der Waals surface area contributed by atoms with E-state index in [9.17, 15) is 0 Å². The molecule has 0 fully saturated rings. The monoisotopic (exact) mass is 296 g/mol. The number of hydrogen-bond donors (Lipinski definition) is 1. The van der Waals surface area contributed by atoms with Crippen molar-refractivity contribution in [3.05, 3.63) is 34.6 Å². The summed E-state index contributed by atoms with van der Waals surface area (Å²) in [5, 5.41) is 13.0. The van der Waals surface area contributed by atoms with E-state index in [0.717, 1.165) is 34.0 Å². The first-order valence-corrected chi connectivity index (χ1v) is 7.34. The summed E-state index contributed by atoms with van der Waals surface area (Å²) in [5.41, 5.74) is 1.19. The van der Waals surface area contributed by atoms with Crippen LogP contribution in [0.2, 0.25) is 5.02 Å². The molecule has 0 aliphatic heterocycles. The molecule has 0 saturated heterocycles. The van der Waals surface area contributed by atoms with Gasteiger partial charge in [-0.1, -0.05) is 24.6 Å². The highest BCUT2D eigenvalue weighted by molar-refractivity contribution is 7.99. The molecule has 0 radical (unpaired) electrons. The summed E-state index contributed by atoms with van der Waals surface area (Å²) in [7, 11) is 1.95. The van der Waals surface area contributed by atoms with E-state index >= 15 is 0 Å². The lowest BCUT2D eigenvalue weighted by atomic mass is 10.2. The molecular weight excluding hydrogens is 280 g/mol. The number of hydrogen-bond acceptors (Lipinski definition) is 4. The molecule has 2 rings (SSSR count). The first kappa shape index (κ1) is 14.4. The molecule has 0 saturated carbocycles. The fraction of sp³-hybridized carbons (Fsp3) is 0.385.